The molecule has 2 rings (SSSR count). The lowest BCUT2D eigenvalue weighted by Crippen LogP contribution is -2.07. The lowest BCUT2D eigenvalue weighted by molar-refractivity contribution is -0.111. The maximum atomic E-state index is 11.7. The number of hydrogen-bond donors (Lipinski definition) is 1. The zero-order valence-electron chi connectivity index (χ0n) is 9.98. The summed E-state index contributed by atoms with van der Waals surface area (Å²) in [6.07, 6.45) is 3.04. The fourth-order valence-corrected chi connectivity index (χ4v) is 2.52. The standard InChI is InChI=1S/C13H10Cl2N2OS/c1-8-7-19-13(16-8)17-12(18)5-3-9-2-4-10(14)6-11(9)15/h2-7H,1H3,(H,16,17,18). The predicted octanol–water partition coefficient (Wildman–Crippen LogP) is 4.41. The second-order valence-corrected chi connectivity index (χ2v) is 5.48. The van der Waals surface area contributed by atoms with Gasteiger partial charge in [0.2, 0.25) is 5.91 Å². The van der Waals surface area contributed by atoms with Crippen molar-refractivity contribution in [1.82, 2.24) is 4.98 Å². The van der Waals surface area contributed by atoms with Gasteiger partial charge in [-0.05, 0) is 30.7 Å². The smallest absolute Gasteiger partial charge is 0.250 e. The van der Waals surface area contributed by atoms with E-state index in [9.17, 15) is 4.79 Å². The van der Waals surface area contributed by atoms with Gasteiger partial charge in [-0.25, -0.2) is 4.98 Å². The van der Waals surface area contributed by atoms with Crippen LogP contribution in [0.15, 0.2) is 29.7 Å². The quantitative estimate of drug-likeness (QED) is 0.853. The summed E-state index contributed by atoms with van der Waals surface area (Å²) in [5.74, 6) is -0.250. The Labute approximate surface area is 124 Å². The molecule has 2 aromatic rings. The normalized spacial score (nSPS) is 10.9. The van der Waals surface area contributed by atoms with Crippen LogP contribution in [0, 0.1) is 6.92 Å². The Morgan fingerprint density at radius 3 is 2.84 bits per heavy atom. The molecule has 0 aliphatic heterocycles. The average molecular weight is 313 g/mol. The second-order valence-electron chi connectivity index (χ2n) is 3.78. The van der Waals surface area contributed by atoms with Gasteiger partial charge in [0.15, 0.2) is 5.13 Å². The molecule has 0 unspecified atom stereocenters. The SMILES string of the molecule is Cc1csc(NC(=O)C=Cc2ccc(Cl)cc2Cl)n1. The van der Waals surface area contributed by atoms with E-state index in [0.717, 1.165) is 11.3 Å². The van der Waals surface area contributed by atoms with Crippen molar-refractivity contribution in [3.05, 3.63) is 51.0 Å². The Morgan fingerprint density at radius 2 is 2.21 bits per heavy atom. The zero-order valence-corrected chi connectivity index (χ0v) is 12.3. The number of carbonyl (C=O) groups excluding carboxylic acids is 1. The highest BCUT2D eigenvalue weighted by molar-refractivity contribution is 7.13. The molecular weight excluding hydrogens is 303 g/mol. The number of thiazole rings is 1. The van der Waals surface area contributed by atoms with E-state index in [1.165, 1.54) is 17.4 Å². The van der Waals surface area contributed by atoms with E-state index in [4.69, 9.17) is 23.2 Å². The molecule has 0 aliphatic rings. The van der Waals surface area contributed by atoms with E-state index in [2.05, 4.69) is 10.3 Å². The van der Waals surface area contributed by atoms with Crippen molar-refractivity contribution in [3.8, 4) is 0 Å². The first kappa shape index (κ1) is 14.1. The van der Waals surface area contributed by atoms with Gasteiger partial charge in [-0.3, -0.25) is 10.1 Å². The molecule has 1 aromatic heterocycles. The van der Waals surface area contributed by atoms with Gasteiger partial charge in [0.05, 0.1) is 5.69 Å². The molecule has 0 radical (unpaired) electrons. The topological polar surface area (TPSA) is 42.0 Å². The molecule has 0 aliphatic carbocycles. The van der Waals surface area contributed by atoms with Crippen molar-refractivity contribution in [3.63, 3.8) is 0 Å². The van der Waals surface area contributed by atoms with E-state index in [0.29, 0.717) is 15.2 Å². The molecule has 19 heavy (non-hydrogen) atoms. The number of benzene rings is 1. The van der Waals surface area contributed by atoms with Crippen LogP contribution in [0.1, 0.15) is 11.3 Å². The van der Waals surface area contributed by atoms with Gasteiger partial charge in [0.25, 0.3) is 0 Å². The van der Waals surface area contributed by atoms with Gasteiger partial charge < -0.3 is 0 Å². The van der Waals surface area contributed by atoms with Crippen molar-refractivity contribution in [1.29, 1.82) is 0 Å². The second kappa shape index (κ2) is 6.19. The Morgan fingerprint density at radius 1 is 1.42 bits per heavy atom. The molecule has 0 saturated heterocycles. The van der Waals surface area contributed by atoms with Gasteiger partial charge in [-0.2, -0.15) is 0 Å². The summed E-state index contributed by atoms with van der Waals surface area (Å²) in [5.41, 5.74) is 1.61. The molecule has 6 heteroatoms. The summed E-state index contributed by atoms with van der Waals surface area (Å²) in [7, 11) is 0. The monoisotopic (exact) mass is 312 g/mol. The number of halogens is 2. The Balaban J connectivity index is 2.03. The average Bonchev–Trinajstić information content (AvgIpc) is 2.73. The molecule has 1 N–H and O–H groups in total. The lowest BCUT2D eigenvalue weighted by Gasteiger charge is -1.99. The number of nitrogens with one attached hydrogen (secondary N) is 1. The van der Waals surface area contributed by atoms with E-state index >= 15 is 0 Å². The molecule has 0 atom stereocenters. The first-order chi connectivity index (χ1) is 9.04. The van der Waals surface area contributed by atoms with Crippen LogP contribution in [0.2, 0.25) is 10.0 Å². The zero-order chi connectivity index (χ0) is 13.8. The summed E-state index contributed by atoms with van der Waals surface area (Å²) in [6, 6.07) is 5.10. The van der Waals surface area contributed by atoms with E-state index < -0.39 is 0 Å². The van der Waals surface area contributed by atoms with Crippen LogP contribution in [0.4, 0.5) is 5.13 Å². The summed E-state index contributed by atoms with van der Waals surface area (Å²) >= 11 is 13.2. The van der Waals surface area contributed by atoms with Crippen LogP contribution in [-0.4, -0.2) is 10.9 Å². The number of rotatable bonds is 3. The minimum Gasteiger partial charge on any atom is -0.298 e. The van der Waals surface area contributed by atoms with Crippen LogP contribution < -0.4 is 5.32 Å². The van der Waals surface area contributed by atoms with E-state index in [-0.39, 0.29) is 5.91 Å². The predicted molar refractivity (Wildman–Crippen MR) is 81.0 cm³/mol. The number of nitrogens with zero attached hydrogens (tertiary/aromatic N) is 1. The largest absolute Gasteiger partial charge is 0.298 e. The van der Waals surface area contributed by atoms with Crippen molar-refractivity contribution < 1.29 is 4.79 Å². The minimum absolute atomic E-state index is 0.250. The summed E-state index contributed by atoms with van der Waals surface area (Å²) in [6.45, 7) is 1.87. The number of aromatic nitrogens is 1. The third-order valence-corrected chi connectivity index (χ3v) is 3.66. The van der Waals surface area contributed by atoms with Crippen molar-refractivity contribution in [2.24, 2.45) is 0 Å². The molecule has 0 fully saturated rings. The van der Waals surface area contributed by atoms with Gasteiger partial charge in [-0.15, -0.1) is 11.3 Å². The van der Waals surface area contributed by atoms with Crippen molar-refractivity contribution >= 4 is 51.7 Å². The molecule has 0 spiro atoms. The first-order valence-corrected chi connectivity index (χ1v) is 7.04. The van der Waals surface area contributed by atoms with Gasteiger partial charge in [-0.1, -0.05) is 29.3 Å². The number of aryl methyl sites for hydroxylation is 1. The van der Waals surface area contributed by atoms with Crippen molar-refractivity contribution in [2.75, 3.05) is 5.32 Å². The molecular formula is C13H10Cl2N2OS. The van der Waals surface area contributed by atoms with E-state index in [1.807, 2.05) is 12.3 Å². The molecule has 0 saturated carbocycles. The van der Waals surface area contributed by atoms with Crippen LogP contribution in [-0.2, 0) is 4.79 Å². The van der Waals surface area contributed by atoms with Gasteiger partial charge in [0, 0.05) is 21.5 Å². The maximum Gasteiger partial charge on any atom is 0.250 e. The van der Waals surface area contributed by atoms with Gasteiger partial charge in [0.1, 0.15) is 0 Å². The Hall–Kier alpha value is -1.36. The highest BCUT2D eigenvalue weighted by atomic mass is 35.5. The maximum absolute atomic E-state index is 11.7. The summed E-state index contributed by atoms with van der Waals surface area (Å²) < 4.78 is 0. The molecule has 1 amide bonds. The molecule has 1 aromatic carbocycles. The Bertz CT molecular complexity index is 637. The van der Waals surface area contributed by atoms with Crippen LogP contribution in [0.3, 0.4) is 0 Å². The lowest BCUT2D eigenvalue weighted by atomic mass is 10.2. The fraction of sp³-hybridized carbons (Fsp3) is 0.0769. The van der Waals surface area contributed by atoms with Crippen LogP contribution >= 0.6 is 34.5 Å². The van der Waals surface area contributed by atoms with Crippen LogP contribution in [0.25, 0.3) is 6.08 Å². The molecule has 98 valence electrons. The van der Waals surface area contributed by atoms with Gasteiger partial charge >= 0.3 is 0 Å². The number of hydrogen-bond acceptors (Lipinski definition) is 3. The molecule has 0 bridgehead atoms. The third kappa shape index (κ3) is 4.06. The van der Waals surface area contributed by atoms with Crippen LogP contribution in [0.5, 0.6) is 0 Å². The Kier molecular flexibility index (Phi) is 4.58. The van der Waals surface area contributed by atoms with Crippen molar-refractivity contribution in [2.45, 2.75) is 6.92 Å². The number of anilines is 1. The minimum atomic E-state index is -0.250. The first-order valence-electron chi connectivity index (χ1n) is 5.41. The number of amides is 1. The highest BCUT2D eigenvalue weighted by Crippen LogP contribution is 2.22. The molecule has 3 nitrogen and oxygen atoms in total. The number of carbonyl (C=O) groups is 1. The molecule has 1 heterocycles. The highest BCUT2D eigenvalue weighted by Gasteiger charge is 2.02. The summed E-state index contributed by atoms with van der Waals surface area (Å²) in [4.78, 5) is 15.8. The summed E-state index contributed by atoms with van der Waals surface area (Å²) in [5, 5.41) is 6.19. The van der Waals surface area contributed by atoms with E-state index in [1.54, 1.807) is 24.3 Å². The fourth-order valence-electron chi connectivity index (χ4n) is 1.36. The third-order valence-electron chi connectivity index (χ3n) is 2.23.